The summed E-state index contributed by atoms with van der Waals surface area (Å²) in [5.41, 5.74) is 26.3. The van der Waals surface area contributed by atoms with Gasteiger partial charge in [-0.25, -0.2) is 0 Å². The molecule has 14 aromatic carbocycles. The number of para-hydroxylation sites is 1. The van der Waals surface area contributed by atoms with Crippen molar-refractivity contribution < 1.29 is 4.42 Å². The van der Waals surface area contributed by atoms with Crippen LogP contribution < -0.4 is 0 Å². The van der Waals surface area contributed by atoms with Crippen LogP contribution in [0.25, 0.3) is 154 Å². The lowest BCUT2D eigenvalue weighted by atomic mass is 9.75. The lowest BCUT2D eigenvalue weighted by Crippen LogP contribution is -2.18. The molecule has 0 bridgehead atoms. The van der Waals surface area contributed by atoms with Crippen molar-refractivity contribution in [2.45, 2.75) is 38.5 Å². The van der Waals surface area contributed by atoms with Crippen LogP contribution in [0.2, 0.25) is 0 Å². The molecule has 15 aromatic rings. The van der Waals surface area contributed by atoms with Gasteiger partial charge in [0.25, 0.3) is 0 Å². The van der Waals surface area contributed by atoms with Gasteiger partial charge in [-0.15, -0.1) is 0 Å². The molecule has 1 heteroatoms. The summed E-state index contributed by atoms with van der Waals surface area (Å²) in [5, 5.41) is 12.2. The number of hydrogen-bond donors (Lipinski definition) is 0. The summed E-state index contributed by atoms with van der Waals surface area (Å²) in [5.74, 6) is 0. The molecular weight excluding hydrogens is 1000 g/mol. The van der Waals surface area contributed by atoms with E-state index in [0.29, 0.717) is 0 Å². The second-order valence-electron chi connectivity index (χ2n) is 24.1. The summed E-state index contributed by atoms with van der Waals surface area (Å²) in [4.78, 5) is 0. The largest absolute Gasteiger partial charge is 0.455 e. The molecular formula is C82H56O. The zero-order chi connectivity index (χ0) is 55.3. The maximum atomic E-state index is 7.76. The maximum Gasteiger partial charge on any atom is 0.143 e. The van der Waals surface area contributed by atoms with Crippen LogP contribution in [0.5, 0.6) is 0 Å². The number of furan rings is 1. The molecule has 0 atom stereocenters. The molecule has 0 spiro atoms. The molecule has 2 aliphatic rings. The Morgan fingerprint density at radius 1 is 0.229 bits per heavy atom. The van der Waals surface area contributed by atoms with Gasteiger partial charge in [-0.05, 0) is 162 Å². The van der Waals surface area contributed by atoms with Gasteiger partial charge < -0.3 is 4.42 Å². The van der Waals surface area contributed by atoms with Crippen molar-refractivity contribution in [2.24, 2.45) is 0 Å². The zero-order valence-corrected chi connectivity index (χ0v) is 46.8. The fourth-order valence-corrected chi connectivity index (χ4v) is 15.4. The molecule has 0 amide bonds. The zero-order valence-electron chi connectivity index (χ0n) is 46.8. The van der Waals surface area contributed by atoms with Crippen LogP contribution in [0.4, 0.5) is 0 Å². The summed E-state index contributed by atoms with van der Waals surface area (Å²) in [6.45, 7) is 9.80. The van der Waals surface area contributed by atoms with Crippen molar-refractivity contribution in [3.8, 4) is 89.0 Å². The Balaban J connectivity index is 0.915. The molecule has 17 rings (SSSR count). The third-order valence-electron chi connectivity index (χ3n) is 18.9. The van der Waals surface area contributed by atoms with E-state index in [0.717, 1.165) is 22.1 Å². The SMILES string of the molecule is CC1(C)c2ccccc2-c2c1c1c(c3c2oc2c(-c4c5ccccc5c(-c5ccccc5)c5ccccc45)cccc23)C(C)(C)c2cc(-c3c4ccccc4c(-c4cc(-c5ccccc5)cc(-c5ccccc5)c4)c4ccccc34)ccc2-1. The van der Waals surface area contributed by atoms with Crippen molar-refractivity contribution in [1.82, 2.24) is 0 Å². The molecule has 1 nitrogen and oxygen atoms in total. The Labute approximate surface area is 483 Å². The second kappa shape index (κ2) is 17.7. The molecule has 0 unspecified atom stereocenters. The van der Waals surface area contributed by atoms with Crippen LogP contribution in [-0.2, 0) is 10.8 Å². The Bertz CT molecular complexity index is 5060. The number of rotatable bonds is 6. The molecule has 0 saturated carbocycles. The highest BCUT2D eigenvalue weighted by Crippen LogP contribution is 2.64. The summed E-state index contributed by atoms with van der Waals surface area (Å²) in [7, 11) is 0. The topological polar surface area (TPSA) is 13.1 Å². The molecule has 0 saturated heterocycles. The van der Waals surface area contributed by atoms with Crippen molar-refractivity contribution in [2.75, 3.05) is 0 Å². The predicted molar refractivity (Wildman–Crippen MR) is 351 cm³/mol. The normalized spacial score (nSPS) is 13.7. The van der Waals surface area contributed by atoms with Crippen LogP contribution >= 0.6 is 0 Å². The lowest BCUT2D eigenvalue weighted by molar-refractivity contribution is 0.643. The second-order valence-corrected chi connectivity index (χ2v) is 24.1. The van der Waals surface area contributed by atoms with E-state index in [1.165, 1.54) is 154 Å². The summed E-state index contributed by atoms with van der Waals surface area (Å²) >= 11 is 0. The predicted octanol–water partition coefficient (Wildman–Crippen LogP) is 22.8. The Morgan fingerprint density at radius 3 is 1.17 bits per heavy atom. The Hall–Kier alpha value is -10.1. The van der Waals surface area contributed by atoms with E-state index in [4.69, 9.17) is 4.42 Å². The highest BCUT2D eigenvalue weighted by atomic mass is 16.3. The monoisotopic (exact) mass is 1060 g/mol. The van der Waals surface area contributed by atoms with Gasteiger partial charge in [0, 0.05) is 38.3 Å². The van der Waals surface area contributed by atoms with Crippen LogP contribution in [0.3, 0.4) is 0 Å². The van der Waals surface area contributed by atoms with Gasteiger partial charge in [-0.1, -0.05) is 270 Å². The van der Waals surface area contributed by atoms with E-state index in [1.54, 1.807) is 0 Å². The molecule has 2 aliphatic carbocycles. The van der Waals surface area contributed by atoms with E-state index in [2.05, 4.69) is 295 Å². The van der Waals surface area contributed by atoms with Gasteiger partial charge >= 0.3 is 0 Å². The van der Waals surface area contributed by atoms with Crippen molar-refractivity contribution in [3.05, 3.63) is 289 Å². The van der Waals surface area contributed by atoms with Crippen molar-refractivity contribution >= 4 is 65.0 Å². The Kier molecular flexibility index (Phi) is 10.2. The van der Waals surface area contributed by atoms with Crippen molar-refractivity contribution in [3.63, 3.8) is 0 Å². The van der Waals surface area contributed by atoms with Gasteiger partial charge in [0.15, 0.2) is 0 Å². The van der Waals surface area contributed by atoms with E-state index in [9.17, 15) is 0 Å². The molecule has 1 aromatic heterocycles. The molecule has 0 N–H and O–H groups in total. The average Bonchev–Trinajstić information content (AvgIpc) is 1.64. The lowest BCUT2D eigenvalue weighted by Gasteiger charge is -2.27. The first-order valence-electron chi connectivity index (χ1n) is 29.2. The highest BCUT2D eigenvalue weighted by Gasteiger charge is 2.48. The van der Waals surface area contributed by atoms with Gasteiger partial charge in [0.2, 0.25) is 0 Å². The summed E-state index contributed by atoms with van der Waals surface area (Å²) in [6, 6.07) is 99.3. The van der Waals surface area contributed by atoms with Crippen LogP contribution in [0, 0.1) is 0 Å². The maximum absolute atomic E-state index is 7.76. The van der Waals surface area contributed by atoms with E-state index < -0.39 is 5.41 Å². The van der Waals surface area contributed by atoms with Crippen LogP contribution in [0.15, 0.2) is 271 Å². The minimum Gasteiger partial charge on any atom is -0.455 e. The number of benzene rings is 14. The smallest absolute Gasteiger partial charge is 0.143 e. The van der Waals surface area contributed by atoms with Gasteiger partial charge in [-0.3, -0.25) is 0 Å². The summed E-state index contributed by atoms with van der Waals surface area (Å²) < 4.78 is 7.76. The van der Waals surface area contributed by atoms with E-state index in [1.807, 2.05) is 0 Å². The highest BCUT2D eigenvalue weighted by molar-refractivity contribution is 6.27. The third kappa shape index (κ3) is 6.77. The molecule has 83 heavy (non-hydrogen) atoms. The average molecular weight is 1060 g/mol. The molecule has 1 heterocycles. The van der Waals surface area contributed by atoms with Crippen LogP contribution in [0.1, 0.15) is 49.9 Å². The van der Waals surface area contributed by atoms with Crippen LogP contribution in [-0.4, -0.2) is 0 Å². The third-order valence-corrected chi connectivity index (χ3v) is 18.9. The first kappa shape index (κ1) is 47.7. The quantitative estimate of drug-likeness (QED) is 0.151. The molecule has 0 radical (unpaired) electrons. The standard InChI is InChI=1S/C82H56O/c1-81(2)68-42-23-22-39-64(68)75-77(81)74-65-44-43-52(71-56-31-14-16-33-58(56)72(59-34-17-15-32-57(59)71)55-46-53(49-25-8-5-9-26-49)45-54(47-55)50-27-10-6-11-28-50)48-69(65)82(3,4)78(74)76-67-41-24-40-66(79(67)83-80(75)76)73-62-37-20-18-35-60(62)70(51-29-12-7-13-30-51)61-36-19-21-38-63(61)73/h5-48H,1-4H3. The fourth-order valence-electron chi connectivity index (χ4n) is 15.4. The van der Waals surface area contributed by atoms with E-state index >= 15 is 0 Å². The van der Waals surface area contributed by atoms with Crippen molar-refractivity contribution in [1.29, 1.82) is 0 Å². The van der Waals surface area contributed by atoms with Gasteiger partial charge in [0.1, 0.15) is 11.2 Å². The Morgan fingerprint density at radius 2 is 0.627 bits per heavy atom. The fraction of sp³-hybridized carbons (Fsp3) is 0.0732. The molecule has 390 valence electrons. The summed E-state index contributed by atoms with van der Waals surface area (Å²) in [6.07, 6.45) is 0. The van der Waals surface area contributed by atoms with Gasteiger partial charge in [0.05, 0.1) is 0 Å². The van der Waals surface area contributed by atoms with E-state index in [-0.39, 0.29) is 5.41 Å². The molecule has 0 fully saturated rings. The number of hydrogen-bond acceptors (Lipinski definition) is 1. The van der Waals surface area contributed by atoms with Gasteiger partial charge in [-0.2, -0.15) is 0 Å². The first-order valence-corrected chi connectivity index (χ1v) is 29.2. The minimum atomic E-state index is -0.417. The first-order chi connectivity index (χ1) is 40.7. The number of fused-ring (bicyclic) bond motifs is 16. The molecule has 0 aliphatic heterocycles. The minimum absolute atomic E-state index is 0.303.